The van der Waals surface area contributed by atoms with Gasteiger partial charge in [-0.3, -0.25) is 9.59 Å². The summed E-state index contributed by atoms with van der Waals surface area (Å²) in [6.45, 7) is 4.68. The Morgan fingerprint density at radius 3 is 2.14 bits per heavy atom. The monoisotopic (exact) mass is 540 g/mol. The summed E-state index contributed by atoms with van der Waals surface area (Å²) in [7, 11) is 0. The van der Waals surface area contributed by atoms with E-state index in [9.17, 15) is 9.59 Å². The zero-order chi connectivity index (χ0) is 26.6. The number of halogens is 2. The van der Waals surface area contributed by atoms with Gasteiger partial charge < -0.3 is 15.0 Å². The van der Waals surface area contributed by atoms with E-state index < -0.39 is 6.04 Å². The molecule has 0 fully saturated rings. The van der Waals surface area contributed by atoms with Crippen LogP contribution in [0.2, 0.25) is 10.0 Å². The van der Waals surface area contributed by atoms with Crippen LogP contribution in [0.4, 0.5) is 0 Å². The summed E-state index contributed by atoms with van der Waals surface area (Å²) in [6.07, 6.45) is 1.99. The Hall–Kier alpha value is -3.02. The van der Waals surface area contributed by atoms with E-state index in [1.54, 1.807) is 41.3 Å². The van der Waals surface area contributed by atoms with Crippen molar-refractivity contribution in [3.8, 4) is 5.75 Å². The number of hydrogen-bond acceptors (Lipinski definition) is 3. The molecule has 3 aromatic carbocycles. The summed E-state index contributed by atoms with van der Waals surface area (Å²) >= 11 is 12.0. The number of ether oxygens (including phenoxy) is 1. The quantitative estimate of drug-likeness (QED) is 0.245. The van der Waals surface area contributed by atoms with Crippen LogP contribution in [0.15, 0.2) is 78.9 Å². The van der Waals surface area contributed by atoms with Crippen LogP contribution >= 0.6 is 23.2 Å². The second-order valence-corrected chi connectivity index (χ2v) is 9.95. The fourth-order valence-electron chi connectivity index (χ4n) is 3.87. The Morgan fingerprint density at radius 1 is 0.892 bits per heavy atom. The second-order valence-electron chi connectivity index (χ2n) is 9.08. The second kappa shape index (κ2) is 14.7. The van der Waals surface area contributed by atoms with Gasteiger partial charge in [0.05, 0.1) is 6.61 Å². The number of nitrogens with one attached hydrogen (secondary N) is 1. The molecule has 3 rings (SSSR count). The van der Waals surface area contributed by atoms with Crippen LogP contribution in [0.1, 0.15) is 44.2 Å². The summed E-state index contributed by atoms with van der Waals surface area (Å²) in [5.74, 6) is 0.442. The molecule has 0 bridgehead atoms. The maximum Gasteiger partial charge on any atom is 0.243 e. The van der Waals surface area contributed by atoms with E-state index in [1.165, 1.54) is 0 Å². The van der Waals surface area contributed by atoms with E-state index in [0.29, 0.717) is 41.8 Å². The predicted octanol–water partition coefficient (Wildman–Crippen LogP) is 6.71. The molecule has 7 heteroatoms. The third-order valence-electron chi connectivity index (χ3n) is 6.16. The average molecular weight is 542 g/mol. The molecule has 0 aliphatic rings. The highest BCUT2D eigenvalue weighted by atomic mass is 35.5. The molecule has 196 valence electrons. The maximum absolute atomic E-state index is 13.6. The lowest BCUT2D eigenvalue weighted by atomic mass is 10.0. The molecule has 0 unspecified atom stereocenters. The molecule has 0 aliphatic heterocycles. The van der Waals surface area contributed by atoms with Crippen molar-refractivity contribution in [1.82, 2.24) is 10.2 Å². The van der Waals surface area contributed by atoms with Crippen LogP contribution in [0.25, 0.3) is 0 Å². The van der Waals surface area contributed by atoms with Crippen molar-refractivity contribution >= 4 is 35.0 Å². The van der Waals surface area contributed by atoms with Crippen molar-refractivity contribution < 1.29 is 14.3 Å². The molecule has 1 N–H and O–H groups in total. The molecule has 0 aromatic heterocycles. The summed E-state index contributed by atoms with van der Waals surface area (Å²) in [5, 5.41) is 4.34. The zero-order valence-corrected chi connectivity index (χ0v) is 22.8. The molecule has 0 spiro atoms. The van der Waals surface area contributed by atoms with E-state index in [2.05, 4.69) is 5.32 Å². The fraction of sp³-hybridized carbons (Fsp3) is 0.333. The fourth-order valence-corrected chi connectivity index (χ4v) is 4.12. The molecule has 3 aromatic rings. The van der Waals surface area contributed by atoms with Gasteiger partial charge in [0, 0.05) is 35.5 Å². The van der Waals surface area contributed by atoms with Crippen molar-refractivity contribution in [3.05, 3.63) is 100 Å². The minimum Gasteiger partial charge on any atom is -0.494 e. The van der Waals surface area contributed by atoms with E-state index >= 15 is 0 Å². The Morgan fingerprint density at radius 2 is 1.51 bits per heavy atom. The average Bonchev–Trinajstić information content (AvgIpc) is 2.91. The Bertz CT molecular complexity index is 1120. The summed E-state index contributed by atoms with van der Waals surface area (Å²) in [6, 6.07) is 23.6. The van der Waals surface area contributed by atoms with Gasteiger partial charge >= 0.3 is 0 Å². The van der Waals surface area contributed by atoms with Crippen LogP contribution in [0.3, 0.4) is 0 Å². The van der Waals surface area contributed by atoms with Crippen LogP contribution in [-0.2, 0) is 22.6 Å². The predicted molar refractivity (Wildman–Crippen MR) is 150 cm³/mol. The number of hydrogen-bond donors (Lipinski definition) is 1. The van der Waals surface area contributed by atoms with Crippen LogP contribution in [-0.4, -0.2) is 35.4 Å². The number of carbonyl (C=O) groups is 2. The van der Waals surface area contributed by atoms with Gasteiger partial charge in [-0.2, -0.15) is 0 Å². The van der Waals surface area contributed by atoms with Gasteiger partial charge in [0.1, 0.15) is 11.8 Å². The number of nitrogens with zero attached hydrogens (tertiary/aromatic N) is 1. The number of carbonyl (C=O) groups excluding carboxylic acids is 2. The SMILES string of the molecule is CC[C@@H](C)NC(=O)[C@@H](Cc1ccccc1)N(Cc1ccc(Cl)cc1)C(=O)CCCOc1ccc(Cl)cc1. The van der Waals surface area contributed by atoms with Crippen molar-refractivity contribution in [2.75, 3.05) is 6.61 Å². The van der Waals surface area contributed by atoms with E-state index in [1.807, 2.05) is 56.3 Å². The third kappa shape index (κ3) is 9.42. The van der Waals surface area contributed by atoms with Gasteiger partial charge in [-0.25, -0.2) is 0 Å². The Kier molecular flexibility index (Phi) is 11.3. The first kappa shape index (κ1) is 28.5. The molecular weight excluding hydrogens is 507 g/mol. The van der Waals surface area contributed by atoms with E-state index in [-0.39, 0.29) is 24.3 Å². The summed E-state index contributed by atoms with van der Waals surface area (Å²) in [5.41, 5.74) is 1.90. The van der Waals surface area contributed by atoms with Crippen molar-refractivity contribution in [2.45, 2.75) is 58.2 Å². The lowest BCUT2D eigenvalue weighted by Crippen LogP contribution is -2.52. The molecule has 0 radical (unpaired) electrons. The van der Waals surface area contributed by atoms with Gasteiger partial charge in [0.15, 0.2) is 0 Å². The Balaban J connectivity index is 1.78. The molecule has 0 saturated heterocycles. The van der Waals surface area contributed by atoms with E-state index in [0.717, 1.165) is 17.5 Å². The first-order valence-corrected chi connectivity index (χ1v) is 13.4. The van der Waals surface area contributed by atoms with Gasteiger partial charge in [0.2, 0.25) is 11.8 Å². The van der Waals surface area contributed by atoms with Gasteiger partial charge in [-0.1, -0.05) is 72.6 Å². The van der Waals surface area contributed by atoms with Crippen LogP contribution in [0, 0.1) is 0 Å². The maximum atomic E-state index is 13.6. The van der Waals surface area contributed by atoms with Gasteiger partial charge in [0.25, 0.3) is 0 Å². The van der Waals surface area contributed by atoms with E-state index in [4.69, 9.17) is 27.9 Å². The lowest BCUT2D eigenvalue weighted by molar-refractivity contribution is -0.141. The van der Waals surface area contributed by atoms with Gasteiger partial charge in [-0.05, 0) is 67.3 Å². The van der Waals surface area contributed by atoms with Gasteiger partial charge in [-0.15, -0.1) is 0 Å². The molecular formula is C30H34Cl2N2O3. The zero-order valence-electron chi connectivity index (χ0n) is 21.3. The Labute approximate surface area is 229 Å². The third-order valence-corrected chi connectivity index (χ3v) is 6.66. The smallest absolute Gasteiger partial charge is 0.243 e. The van der Waals surface area contributed by atoms with Crippen molar-refractivity contribution in [1.29, 1.82) is 0 Å². The number of benzene rings is 3. The lowest BCUT2D eigenvalue weighted by Gasteiger charge is -2.32. The molecule has 0 saturated carbocycles. The highest BCUT2D eigenvalue weighted by Crippen LogP contribution is 2.19. The van der Waals surface area contributed by atoms with Crippen LogP contribution < -0.4 is 10.1 Å². The minimum atomic E-state index is -0.656. The molecule has 0 heterocycles. The number of amides is 2. The highest BCUT2D eigenvalue weighted by Gasteiger charge is 2.30. The van der Waals surface area contributed by atoms with Crippen LogP contribution in [0.5, 0.6) is 5.75 Å². The van der Waals surface area contributed by atoms with Crippen molar-refractivity contribution in [3.63, 3.8) is 0 Å². The molecule has 2 amide bonds. The first-order valence-electron chi connectivity index (χ1n) is 12.6. The largest absolute Gasteiger partial charge is 0.494 e. The standard InChI is InChI=1S/C30H34Cl2N2O3/c1-3-22(2)33-30(36)28(20-23-8-5-4-6-9-23)34(21-24-11-13-25(31)14-12-24)29(35)10-7-19-37-27-17-15-26(32)16-18-27/h4-6,8-9,11-18,22,28H,3,7,10,19-21H2,1-2H3,(H,33,36)/t22-,28-/m1/s1. The highest BCUT2D eigenvalue weighted by molar-refractivity contribution is 6.30. The first-order chi connectivity index (χ1) is 17.9. The number of rotatable bonds is 13. The molecule has 2 atom stereocenters. The van der Waals surface area contributed by atoms with Crippen molar-refractivity contribution in [2.24, 2.45) is 0 Å². The normalized spacial score (nSPS) is 12.4. The summed E-state index contributed by atoms with van der Waals surface area (Å²) < 4.78 is 5.77. The summed E-state index contributed by atoms with van der Waals surface area (Å²) in [4.78, 5) is 28.8. The molecule has 37 heavy (non-hydrogen) atoms. The topological polar surface area (TPSA) is 58.6 Å². The molecule has 5 nitrogen and oxygen atoms in total. The molecule has 0 aliphatic carbocycles. The minimum absolute atomic E-state index is 0.00559.